The topological polar surface area (TPSA) is 90.1 Å². The van der Waals surface area contributed by atoms with E-state index in [0.717, 1.165) is 10.3 Å². The number of carboxylic acid groups (broad SMARTS) is 1. The largest absolute Gasteiger partial charge is 0.480 e. The molecule has 0 saturated carbocycles. The summed E-state index contributed by atoms with van der Waals surface area (Å²) in [6.07, 6.45) is 0.349. The summed E-state index contributed by atoms with van der Waals surface area (Å²) in [4.78, 5) is 29.1. The van der Waals surface area contributed by atoms with Crippen LogP contribution in [0.15, 0.2) is 41.4 Å². The highest BCUT2D eigenvalue weighted by molar-refractivity contribution is 7.16. The fourth-order valence-electron chi connectivity index (χ4n) is 3.13. The van der Waals surface area contributed by atoms with E-state index < -0.39 is 17.9 Å². The molecule has 4 rings (SSSR count). The highest BCUT2D eigenvalue weighted by atomic mass is 32.1. The molecule has 1 atom stereocenters. The van der Waals surface area contributed by atoms with Crippen LogP contribution in [0.4, 0.5) is 0 Å². The Morgan fingerprint density at radius 1 is 1.21 bits per heavy atom. The molecule has 1 amide bonds. The lowest BCUT2D eigenvalue weighted by Gasteiger charge is -2.13. The van der Waals surface area contributed by atoms with E-state index in [1.807, 2.05) is 19.1 Å². The SMILES string of the molecule is CCC(C(=O)O)n1c(=NC(=O)c2ccc(C)cc2)sc2cc3c(cc21)OCO3. The Morgan fingerprint density at radius 3 is 2.54 bits per heavy atom. The molecule has 3 aromatic rings. The standard InChI is InChI=1S/C20H18N2O5S/c1-3-13(19(24)25)22-14-8-15-16(27-10-26-15)9-17(14)28-20(22)21-18(23)12-6-4-11(2)5-7-12/h4-9,13H,3,10H2,1-2H3,(H,24,25). The summed E-state index contributed by atoms with van der Waals surface area (Å²) in [6, 6.07) is 9.80. The van der Waals surface area contributed by atoms with Crippen LogP contribution in [0.5, 0.6) is 11.5 Å². The van der Waals surface area contributed by atoms with Crippen molar-refractivity contribution in [3.05, 3.63) is 52.3 Å². The Morgan fingerprint density at radius 2 is 1.89 bits per heavy atom. The number of rotatable bonds is 4. The van der Waals surface area contributed by atoms with Gasteiger partial charge in [0, 0.05) is 17.7 Å². The molecule has 1 aliphatic heterocycles. The summed E-state index contributed by atoms with van der Waals surface area (Å²) in [6.45, 7) is 3.85. The van der Waals surface area contributed by atoms with Gasteiger partial charge >= 0.3 is 5.97 Å². The van der Waals surface area contributed by atoms with Crippen LogP contribution in [0, 0.1) is 6.92 Å². The Balaban J connectivity index is 1.92. The van der Waals surface area contributed by atoms with Crippen molar-refractivity contribution < 1.29 is 24.2 Å². The van der Waals surface area contributed by atoms with Gasteiger partial charge in [-0.2, -0.15) is 4.99 Å². The minimum absolute atomic E-state index is 0.131. The monoisotopic (exact) mass is 398 g/mol. The second kappa shape index (κ2) is 7.12. The average Bonchev–Trinajstić information content (AvgIpc) is 3.25. The van der Waals surface area contributed by atoms with Gasteiger partial charge in [0.05, 0.1) is 10.2 Å². The van der Waals surface area contributed by atoms with Gasteiger partial charge in [-0.05, 0) is 25.5 Å². The van der Waals surface area contributed by atoms with E-state index >= 15 is 0 Å². The molecule has 28 heavy (non-hydrogen) atoms. The summed E-state index contributed by atoms with van der Waals surface area (Å²) in [5.74, 6) is -0.249. The van der Waals surface area contributed by atoms with E-state index in [1.54, 1.807) is 35.8 Å². The number of aromatic nitrogens is 1. The number of carbonyl (C=O) groups is 2. The molecule has 0 spiro atoms. The third-order valence-corrected chi connectivity index (χ3v) is 5.62. The molecule has 0 fully saturated rings. The second-order valence-electron chi connectivity index (χ2n) is 6.47. The predicted octanol–water partition coefficient (Wildman–Crippen LogP) is 3.52. The van der Waals surface area contributed by atoms with Crippen molar-refractivity contribution in [2.24, 2.45) is 4.99 Å². The predicted molar refractivity (Wildman–Crippen MR) is 104 cm³/mol. The van der Waals surface area contributed by atoms with E-state index in [9.17, 15) is 14.7 Å². The van der Waals surface area contributed by atoms with Gasteiger partial charge in [-0.25, -0.2) is 4.79 Å². The molecule has 144 valence electrons. The molecule has 1 N–H and O–H groups in total. The summed E-state index contributed by atoms with van der Waals surface area (Å²) in [7, 11) is 0. The third-order valence-electron chi connectivity index (χ3n) is 4.60. The van der Waals surface area contributed by atoms with Gasteiger partial charge in [0.25, 0.3) is 5.91 Å². The van der Waals surface area contributed by atoms with Gasteiger partial charge in [0.1, 0.15) is 6.04 Å². The molecule has 2 heterocycles. The Hall–Kier alpha value is -3.13. The van der Waals surface area contributed by atoms with Crippen LogP contribution in [0.3, 0.4) is 0 Å². The van der Waals surface area contributed by atoms with Crippen molar-refractivity contribution in [2.75, 3.05) is 6.79 Å². The van der Waals surface area contributed by atoms with Gasteiger partial charge in [0.2, 0.25) is 6.79 Å². The number of amides is 1. The molecule has 1 aliphatic rings. The van der Waals surface area contributed by atoms with Crippen molar-refractivity contribution in [2.45, 2.75) is 26.3 Å². The number of thiazole rings is 1. The van der Waals surface area contributed by atoms with Gasteiger partial charge in [-0.3, -0.25) is 4.79 Å². The second-order valence-corrected chi connectivity index (χ2v) is 7.48. The maximum Gasteiger partial charge on any atom is 0.326 e. The molecule has 0 saturated heterocycles. The summed E-state index contributed by atoms with van der Waals surface area (Å²) < 4.78 is 13.2. The van der Waals surface area contributed by atoms with Crippen molar-refractivity contribution in [1.29, 1.82) is 0 Å². The van der Waals surface area contributed by atoms with E-state index in [1.165, 1.54) is 11.3 Å². The van der Waals surface area contributed by atoms with Crippen molar-refractivity contribution >= 4 is 33.4 Å². The van der Waals surface area contributed by atoms with Crippen LogP contribution < -0.4 is 14.3 Å². The van der Waals surface area contributed by atoms with Crippen molar-refractivity contribution in [3.63, 3.8) is 0 Å². The van der Waals surface area contributed by atoms with Crippen LogP contribution in [0.1, 0.15) is 35.3 Å². The fraction of sp³-hybridized carbons (Fsp3) is 0.250. The number of ether oxygens (including phenoxy) is 2. The molecule has 0 radical (unpaired) electrons. The van der Waals surface area contributed by atoms with Crippen LogP contribution in [-0.2, 0) is 4.79 Å². The number of aryl methyl sites for hydroxylation is 1. The van der Waals surface area contributed by atoms with E-state index in [2.05, 4.69) is 4.99 Å². The molecule has 1 aromatic heterocycles. The summed E-state index contributed by atoms with van der Waals surface area (Å²) in [5.41, 5.74) is 2.14. The van der Waals surface area contributed by atoms with Gasteiger partial charge in [0.15, 0.2) is 16.3 Å². The Labute approximate surface area is 164 Å². The number of nitrogens with zero attached hydrogens (tertiary/aromatic N) is 2. The van der Waals surface area contributed by atoms with Crippen LogP contribution in [-0.4, -0.2) is 28.3 Å². The first kappa shape index (κ1) is 18.2. The molecule has 2 aromatic carbocycles. The molecule has 0 bridgehead atoms. The van der Waals surface area contributed by atoms with Crippen LogP contribution in [0.25, 0.3) is 10.2 Å². The zero-order valence-electron chi connectivity index (χ0n) is 15.3. The first-order valence-electron chi connectivity index (χ1n) is 8.81. The molecule has 7 nitrogen and oxygen atoms in total. The minimum atomic E-state index is -0.982. The lowest BCUT2D eigenvalue weighted by atomic mass is 10.1. The third kappa shape index (κ3) is 3.16. The number of hydrogen-bond donors (Lipinski definition) is 1. The maximum atomic E-state index is 12.7. The number of aliphatic carboxylic acids is 1. The van der Waals surface area contributed by atoms with E-state index in [-0.39, 0.29) is 6.79 Å². The highest BCUT2D eigenvalue weighted by Crippen LogP contribution is 2.38. The van der Waals surface area contributed by atoms with Gasteiger partial charge in [-0.15, -0.1) is 0 Å². The quantitative estimate of drug-likeness (QED) is 0.726. The molecular weight excluding hydrogens is 380 g/mol. The first-order valence-corrected chi connectivity index (χ1v) is 9.62. The average molecular weight is 398 g/mol. The molecule has 1 unspecified atom stereocenters. The number of fused-ring (bicyclic) bond motifs is 2. The number of carbonyl (C=O) groups excluding carboxylic acids is 1. The first-order chi connectivity index (χ1) is 13.5. The molecular formula is C20H18N2O5S. The summed E-state index contributed by atoms with van der Waals surface area (Å²) in [5, 5.41) is 9.71. The summed E-state index contributed by atoms with van der Waals surface area (Å²) >= 11 is 1.25. The van der Waals surface area contributed by atoms with Crippen molar-refractivity contribution in [3.8, 4) is 11.5 Å². The normalized spacial score (nSPS) is 14.4. The van der Waals surface area contributed by atoms with Crippen LogP contribution in [0.2, 0.25) is 0 Å². The lowest BCUT2D eigenvalue weighted by molar-refractivity contribution is -0.140. The lowest BCUT2D eigenvalue weighted by Crippen LogP contribution is -2.27. The van der Waals surface area contributed by atoms with E-state index in [0.29, 0.717) is 33.8 Å². The number of benzene rings is 2. The Bertz CT molecular complexity index is 1140. The maximum absolute atomic E-state index is 12.7. The minimum Gasteiger partial charge on any atom is -0.480 e. The Kier molecular flexibility index (Phi) is 4.64. The fourth-order valence-corrected chi connectivity index (χ4v) is 4.20. The number of carboxylic acids is 1. The highest BCUT2D eigenvalue weighted by Gasteiger charge is 2.25. The zero-order valence-corrected chi connectivity index (χ0v) is 16.2. The van der Waals surface area contributed by atoms with Crippen molar-refractivity contribution in [1.82, 2.24) is 4.57 Å². The molecule has 0 aliphatic carbocycles. The van der Waals surface area contributed by atoms with Gasteiger partial charge in [-0.1, -0.05) is 36.0 Å². The van der Waals surface area contributed by atoms with Gasteiger partial charge < -0.3 is 19.1 Å². The van der Waals surface area contributed by atoms with E-state index in [4.69, 9.17) is 9.47 Å². The smallest absolute Gasteiger partial charge is 0.326 e. The zero-order chi connectivity index (χ0) is 19.8. The van der Waals surface area contributed by atoms with Crippen LogP contribution >= 0.6 is 11.3 Å². The molecule has 8 heteroatoms. The number of hydrogen-bond acceptors (Lipinski definition) is 5.